The number of aromatic nitrogens is 1. The molecular weight excluding hydrogens is 492 g/mol. The van der Waals surface area contributed by atoms with Gasteiger partial charge in [-0.15, -0.1) is 0 Å². The van der Waals surface area contributed by atoms with E-state index in [0.717, 1.165) is 61.6 Å². The maximum atomic E-state index is 10.9. The molecule has 0 bridgehead atoms. The molecule has 0 spiro atoms. The zero-order valence-corrected chi connectivity index (χ0v) is 23.0. The van der Waals surface area contributed by atoms with Crippen LogP contribution in [0.15, 0.2) is 30.5 Å². The number of fused-ring (bicyclic) bond motifs is 1. The maximum absolute atomic E-state index is 10.9. The monoisotopic (exact) mass is 536 g/mol. The van der Waals surface area contributed by atoms with Crippen molar-refractivity contribution in [2.24, 2.45) is 5.92 Å². The minimum atomic E-state index is -0.512. The van der Waals surface area contributed by atoms with Crippen molar-refractivity contribution in [3.05, 3.63) is 47.2 Å². The van der Waals surface area contributed by atoms with Gasteiger partial charge in [0.1, 0.15) is 5.82 Å². The van der Waals surface area contributed by atoms with Crippen LogP contribution < -0.4 is 10.5 Å². The highest BCUT2D eigenvalue weighted by atomic mass is 16.5. The number of nitrogens with zero attached hydrogens (tertiary/aromatic N) is 1. The van der Waals surface area contributed by atoms with E-state index in [0.29, 0.717) is 37.4 Å². The molecule has 2 aromatic rings. The number of phenolic OH excluding ortho intramolecular Hbond substituents is 1. The first kappa shape index (κ1) is 29.2. The molecule has 3 atom stereocenters. The minimum Gasteiger partial charge on any atom is -0.504 e. The van der Waals surface area contributed by atoms with Gasteiger partial charge in [-0.25, -0.2) is 4.98 Å². The van der Waals surface area contributed by atoms with Crippen LogP contribution in [0.2, 0.25) is 0 Å². The number of aliphatic hydroxyl groups is 2. The molecule has 7 nitrogen and oxygen atoms in total. The van der Waals surface area contributed by atoms with Crippen LogP contribution in [0.5, 0.6) is 11.5 Å². The average Bonchev–Trinajstić information content (AvgIpc) is 2.97. The summed E-state index contributed by atoms with van der Waals surface area (Å²) in [7, 11) is 0. The Bertz CT molecular complexity index is 1110. The Kier molecular flexibility index (Phi) is 11.3. The van der Waals surface area contributed by atoms with Crippen LogP contribution >= 0.6 is 0 Å². The van der Waals surface area contributed by atoms with E-state index in [1.165, 1.54) is 19.3 Å². The third-order valence-electron chi connectivity index (χ3n) is 7.85. The number of phenols is 1. The summed E-state index contributed by atoms with van der Waals surface area (Å²) >= 11 is 0. The lowest BCUT2D eigenvalue weighted by atomic mass is 9.94. The molecule has 5 N–H and O–H groups in total. The first-order valence-electron chi connectivity index (χ1n) is 14.6. The van der Waals surface area contributed by atoms with Crippen molar-refractivity contribution >= 4 is 5.82 Å². The molecule has 1 aliphatic carbocycles. The summed E-state index contributed by atoms with van der Waals surface area (Å²) in [6, 6.07) is 7.31. The Morgan fingerprint density at radius 3 is 2.77 bits per heavy atom. The van der Waals surface area contributed by atoms with Gasteiger partial charge in [-0.3, -0.25) is 0 Å². The standard InChI is InChI=1S/C32H44N2O5/c33-32-19-25-14-11-23(7-5-17-35)6-4-10-29(38-22-26(25)21-34-32)20-27(36)15-12-24-13-16-30(37)31(18-24)39-28-8-2-1-3-9-28/h13,16,18-19,21,23,27-29,35-37H,1-10,12,15,17,20,22H2,(H2,33,34). The summed E-state index contributed by atoms with van der Waals surface area (Å²) in [5.41, 5.74) is 8.69. The third kappa shape index (κ3) is 9.42. The summed E-state index contributed by atoms with van der Waals surface area (Å²) in [6.45, 7) is 0.536. The van der Waals surface area contributed by atoms with E-state index < -0.39 is 6.10 Å². The summed E-state index contributed by atoms with van der Waals surface area (Å²) < 4.78 is 12.4. The van der Waals surface area contributed by atoms with Gasteiger partial charge in [-0.05, 0) is 101 Å². The number of aromatic hydroxyl groups is 1. The molecule has 212 valence electrons. The van der Waals surface area contributed by atoms with Crippen LogP contribution in [-0.2, 0) is 17.8 Å². The Morgan fingerprint density at radius 1 is 1.10 bits per heavy atom. The number of anilines is 1. The van der Waals surface area contributed by atoms with Gasteiger partial charge in [-0.2, -0.15) is 0 Å². The van der Waals surface area contributed by atoms with Crippen LogP contribution in [-0.4, -0.2) is 45.2 Å². The van der Waals surface area contributed by atoms with E-state index in [2.05, 4.69) is 16.8 Å². The van der Waals surface area contributed by atoms with Gasteiger partial charge < -0.3 is 30.5 Å². The molecule has 39 heavy (non-hydrogen) atoms. The van der Waals surface area contributed by atoms with Gasteiger partial charge >= 0.3 is 0 Å². The van der Waals surface area contributed by atoms with Gasteiger partial charge in [-0.1, -0.05) is 24.3 Å². The highest BCUT2D eigenvalue weighted by Crippen LogP contribution is 2.32. The van der Waals surface area contributed by atoms with Crippen LogP contribution in [0.3, 0.4) is 0 Å². The molecule has 1 aliphatic heterocycles. The highest BCUT2D eigenvalue weighted by molar-refractivity contribution is 5.47. The zero-order valence-electron chi connectivity index (χ0n) is 23.0. The van der Waals surface area contributed by atoms with Gasteiger partial charge in [0, 0.05) is 29.8 Å². The number of rotatable bonds is 10. The SMILES string of the molecule is Nc1cc2c(cn1)COC(CC(O)CCc1ccc(O)c(OC3CCCCC3)c1)CCCC(CCCO)C#C2. The number of nitrogen functional groups attached to an aromatic ring is 1. The molecule has 7 heteroatoms. The lowest BCUT2D eigenvalue weighted by Gasteiger charge is -2.24. The number of hydrogen-bond acceptors (Lipinski definition) is 7. The summed E-state index contributed by atoms with van der Waals surface area (Å²) in [4.78, 5) is 4.23. The lowest BCUT2D eigenvalue weighted by molar-refractivity contribution is -0.00385. The zero-order chi connectivity index (χ0) is 27.5. The molecule has 2 aliphatic rings. The predicted octanol–water partition coefficient (Wildman–Crippen LogP) is 5.27. The van der Waals surface area contributed by atoms with Crippen molar-refractivity contribution in [3.63, 3.8) is 0 Å². The fourth-order valence-corrected chi connectivity index (χ4v) is 5.53. The fourth-order valence-electron chi connectivity index (χ4n) is 5.53. The van der Waals surface area contributed by atoms with Crippen molar-refractivity contribution in [1.82, 2.24) is 4.98 Å². The number of nitrogens with two attached hydrogens (primary N) is 1. The number of hydrogen-bond donors (Lipinski definition) is 4. The maximum Gasteiger partial charge on any atom is 0.161 e. The first-order chi connectivity index (χ1) is 19.0. The highest BCUT2D eigenvalue weighted by Gasteiger charge is 2.20. The summed E-state index contributed by atoms with van der Waals surface area (Å²) in [5.74, 6) is 8.01. The number of pyridine rings is 1. The smallest absolute Gasteiger partial charge is 0.161 e. The molecule has 4 rings (SSSR count). The van der Waals surface area contributed by atoms with Crippen molar-refractivity contribution in [2.45, 2.75) is 108 Å². The minimum absolute atomic E-state index is 0.0907. The van der Waals surface area contributed by atoms with E-state index in [4.69, 9.17) is 15.2 Å². The van der Waals surface area contributed by atoms with Crippen molar-refractivity contribution < 1.29 is 24.8 Å². The second-order valence-corrected chi connectivity index (χ2v) is 11.1. The molecule has 0 amide bonds. The largest absolute Gasteiger partial charge is 0.504 e. The topological polar surface area (TPSA) is 118 Å². The van der Waals surface area contributed by atoms with Crippen LogP contribution in [0.1, 0.15) is 93.7 Å². The first-order valence-corrected chi connectivity index (χ1v) is 14.6. The average molecular weight is 537 g/mol. The number of benzene rings is 1. The third-order valence-corrected chi connectivity index (χ3v) is 7.85. The second kappa shape index (κ2) is 15.1. The Morgan fingerprint density at radius 2 is 1.95 bits per heavy atom. The van der Waals surface area contributed by atoms with Gasteiger partial charge in [0.15, 0.2) is 11.5 Å². The van der Waals surface area contributed by atoms with Crippen molar-refractivity contribution in [3.8, 4) is 23.3 Å². The Labute approximate surface area is 232 Å². The van der Waals surface area contributed by atoms with Crippen LogP contribution in [0, 0.1) is 17.8 Å². The van der Waals surface area contributed by atoms with E-state index in [1.807, 2.05) is 12.1 Å². The van der Waals surface area contributed by atoms with Gasteiger partial charge in [0.05, 0.1) is 24.9 Å². The lowest BCUT2D eigenvalue weighted by Crippen LogP contribution is -2.22. The van der Waals surface area contributed by atoms with E-state index in [9.17, 15) is 15.3 Å². The number of aliphatic hydroxyl groups excluding tert-OH is 2. The van der Waals surface area contributed by atoms with Gasteiger partial charge in [0.25, 0.3) is 0 Å². The normalized spacial score (nSPS) is 21.2. The van der Waals surface area contributed by atoms with E-state index >= 15 is 0 Å². The molecule has 1 saturated carbocycles. The van der Waals surface area contributed by atoms with Gasteiger partial charge in [0.2, 0.25) is 0 Å². The Balaban J connectivity index is 1.35. The molecule has 2 heterocycles. The predicted molar refractivity (Wildman–Crippen MR) is 152 cm³/mol. The molecule has 0 radical (unpaired) electrons. The molecule has 3 unspecified atom stereocenters. The second-order valence-electron chi connectivity index (χ2n) is 11.1. The molecule has 1 aromatic carbocycles. The number of ether oxygens (including phenoxy) is 2. The Hall–Kier alpha value is -2.79. The summed E-state index contributed by atoms with van der Waals surface area (Å²) in [6.07, 6.45) is 13.1. The molecular formula is C32H44N2O5. The van der Waals surface area contributed by atoms with Crippen molar-refractivity contribution in [2.75, 3.05) is 12.3 Å². The fraction of sp³-hybridized carbons (Fsp3) is 0.594. The summed E-state index contributed by atoms with van der Waals surface area (Å²) in [5, 5.41) is 30.5. The van der Waals surface area contributed by atoms with Crippen LogP contribution in [0.4, 0.5) is 5.82 Å². The number of aryl methyl sites for hydroxylation is 1. The van der Waals surface area contributed by atoms with Crippen molar-refractivity contribution in [1.29, 1.82) is 0 Å². The van der Waals surface area contributed by atoms with E-state index in [-0.39, 0.29) is 30.5 Å². The molecule has 1 aromatic heterocycles. The quantitative estimate of drug-likeness (QED) is 0.305. The van der Waals surface area contributed by atoms with Crippen LogP contribution in [0.25, 0.3) is 0 Å². The van der Waals surface area contributed by atoms with E-state index in [1.54, 1.807) is 18.3 Å². The molecule has 0 saturated heterocycles. The molecule has 1 fully saturated rings.